The summed E-state index contributed by atoms with van der Waals surface area (Å²) >= 11 is 0. The Bertz CT molecular complexity index is 2950. The fourth-order valence-electron chi connectivity index (χ4n) is 9.61. The van der Waals surface area contributed by atoms with E-state index in [9.17, 15) is 0 Å². The van der Waals surface area contributed by atoms with Crippen LogP contribution in [0, 0.1) is 13.8 Å². The molecule has 0 radical (unpaired) electrons. The Kier molecular flexibility index (Phi) is 6.07. The maximum atomic E-state index is 6.68. The van der Waals surface area contributed by atoms with E-state index in [1.165, 1.54) is 66.2 Å². The normalized spacial score (nSPS) is 14.2. The molecule has 9 aromatic rings. The lowest BCUT2D eigenvalue weighted by atomic mass is 9.60. The second kappa shape index (κ2) is 10.6. The van der Waals surface area contributed by atoms with E-state index in [0.29, 0.717) is 0 Å². The number of hydrogen-bond donors (Lipinski definition) is 0. The molecule has 6 nitrogen and oxygen atoms in total. The van der Waals surface area contributed by atoms with Crippen LogP contribution >= 0.6 is 0 Å². The summed E-state index contributed by atoms with van der Waals surface area (Å²) in [7, 11) is 2.17. The van der Waals surface area contributed by atoms with Gasteiger partial charge < -0.3 is 18.4 Å². The molecule has 0 spiro atoms. The Balaban J connectivity index is 1.03. The average Bonchev–Trinajstić information content (AvgIpc) is 3.92. The maximum Gasteiger partial charge on any atom is 0.417 e. The van der Waals surface area contributed by atoms with Crippen LogP contribution in [-0.4, -0.2) is 32.9 Å². The second-order valence-corrected chi connectivity index (χ2v) is 15.2. The van der Waals surface area contributed by atoms with Crippen molar-refractivity contribution in [1.82, 2.24) is 18.8 Å². The molecule has 1 aliphatic carbocycles. The third kappa shape index (κ3) is 3.99. The number of fused-ring (bicyclic) bond motifs is 11. The van der Waals surface area contributed by atoms with Gasteiger partial charge in [0.05, 0.1) is 22.4 Å². The molecular weight excluding hydrogens is 649 g/mol. The first-order valence-corrected chi connectivity index (χ1v) is 18.3. The van der Waals surface area contributed by atoms with Crippen LogP contribution in [0.2, 0.25) is 0 Å². The van der Waals surface area contributed by atoms with Gasteiger partial charge >= 0.3 is 6.98 Å². The number of ether oxygens (including phenoxy) is 1. The van der Waals surface area contributed by atoms with Gasteiger partial charge in [-0.2, -0.15) is 0 Å². The number of imidazole rings is 1. The highest BCUT2D eigenvalue weighted by Crippen LogP contribution is 2.56. The van der Waals surface area contributed by atoms with E-state index in [1.54, 1.807) is 0 Å². The van der Waals surface area contributed by atoms with Crippen LogP contribution in [0.3, 0.4) is 0 Å². The van der Waals surface area contributed by atoms with Crippen molar-refractivity contribution >= 4 is 45.3 Å². The zero-order valence-electron chi connectivity index (χ0n) is 30.3. The van der Waals surface area contributed by atoms with Gasteiger partial charge in [0.1, 0.15) is 17.3 Å². The van der Waals surface area contributed by atoms with E-state index in [-0.39, 0.29) is 12.4 Å². The second-order valence-electron chi connectivity index (χ2n) is 15.2. The Morgan fingerprint density at radius 1 is 0.736 bits per heavy atom. The summed E-state index contributed by atoms with van der Waals surface area (Å²) in [5.41, 5.74) is 15.6. The number of hydrogen-bond acceptors (Lipinski definition) is 4. The molecule has 0 saturated heterocycles. The van der Waals surface area contributed by atoms with Crippen LogP contribution in [0.5, 0.6) is 11.5 Å². The maximum absolute atomic E-state index is 6.68. The molecule has 0 bridgehead atoms. The summed E-state index contributed by atoms with van der Waals surface area (Å²) in [6.45, 7) is 9.11. The van der Waals surface area contributed by atoms with Gasteiger partial charge in [0.25, 0.3) is 0 Å². The van der Waals surface area contributed by atoms with Crippen LogP contribution in [0.25, 0.3) is 61.1 Å². The fourth-order valence-corrected chi connectivity index (χ4v) is 9.61. The van der Waals surface area contributed by atoms with Crippen LogP contribution in [0.4, 0.5) is 5.69 Å². The fraction of sp³-hybridized carbons (Fsp3) is 0.130. The molecule has 5 heterocycles. The highest BCUT2D eigenvalue weighted by Gasteiger charge is 2.42. The van der Waals surface area contributed by atoms with E-state index in [4.69, 9.17) is 14.7 Å². The predicted octanol–water partition coefficient (Wildman–Crippen LogP) is 10.0. The number of aryl methyl sites for hydroxylation is 2. The Labute approximate surface area is 308 Å². The molecule has 0 atom stereocenters. The van der Waals surface area contributed by atoms with Gasteiger partial charge in [0, 0.05) is 62.5 Å². The molecule has 254 valence electrons. The van der Waals surface area contributed by atoms with Crippen molar-refractivity contribution in [2.45, 2.75) is 33.1 Å². The summed E-state index contributed by atoms with van der Waals surface area (Å²) in [4.78, 5) is 12.5. The third-order valence-corrected chi connectivity index (χ3v) is 11.9. The topological polar surface area (TPSA) is 47.6 Å². The van der Waals surface area contributed by atoms with E-state index >= 15 is 0 Å². The first-order valence-electron chi connectivity index (χ1n) is 18.3. The standard InChI is InChI=1S/C46H36BN5O/c1-27-12-10-13-28(2)41(27)47-50(5)37-21-20-31(25-34(37)45-48-22-23-51(45)47)53-30-15-11-14-29(24-30)42-39-40-44(33-17-6-8-18-36(33)46(40,3)4)52-38-19-9-7-16-32(38)35(26-49-42)43(39)52/h6-26H,1-5H3. The van der Waals surface area contributed by atoms with Crippen LogP contribution in [0.1, 0.15) is 36.1 Å². The molecule has 2 aliphatic rings. The minimum Gasteiger partial charge on any atom is -0.457 e. The summed E-state index contributed by atoms with van der Waals surface area (Å²) in [5, 5.41) is 3.63. The molecule has 0 saturated carbocycles. The molecule has 7 heteroatoms. The lowest BCUT2D eigenvalue weighted by Crippen LogP contribution is -2.56. The molecule has 0 amide bonds. The van der Waals surface area contributed by atoms with Crippen LogP contribution in [0.15, 0.2) is 128 Å². The first kappa shape index (κ1) is 30.3. The number of rotatable bonds is 4. The lowest BCUT2D eigenvalue weighted by Gasteiger charge is -2.36. The van der Waals surface area contributed by atoms with E-state index in [0.717, 1.165) is 39.8 Å². The summed E-state index contributed by atoms with van der Waals surface area (Å²) < 4.78 is 11.5. The molecule has 4 aromatic heterocycles. The summed E-state index contributed by atoms with van der Waals surface area (Å²) in [5.74, 6) is 2.46. The number of anilines is 1. The van der Waals surface area contributed by atoms with Crippen molar-refractivity contribution in [1.29, 1.82) is 0 Å². The molecule has 11 rings (SSSR count). The van der Waals surface area contributed by atoms with Gasteiger partial charge in [-0.05, 0) is 73.9 Å². The molecule has 1 aliphatic heterocycles. The van der Waals surface area contributed by atoms with Crippen molar-refractivity contribution in [3.63, 3.8) is 0 Å². The summed E-state index contributed by atoms with van der Waals surface area (Å²) in [6, 6.07) is 38.9. The van der Waals surface area contributed by atoms with Crippen molar-refractivity contribution in [3.05, 3.63) is 150 Å². The number of nitrogens with zero attached hydrogens (tertiary/aromatic N) is 5. The molecule has 0 unspecified atom stereocenters. The number of benzene rings is 5. The highest BCUT2D eigenvalue weighted by atomic mass is 16.5. The molecule has 0 N–H and O–H groups in total. The minimum absolute atomic E-state index is 0.0123. The lowest BCUT2D eigenvalue weighted by molar-refractivity contribution is 0.483. The number of aromatic nitrogens is 4. The van der Waals surface area contributed by atoms with E-state index < -0.39 is 0 Å². The molecule has 5 aromatic carbocycles. The smallest absolute Gasteiger partial charge is 0.417 e. The Hall–Kier alpha value is -6.34. The van der Waals surface area contributed by atoms with Gasteiger partial charge in [-0.15, -0.1) is 0 Å². The zero-order chi connectivity index (χ0) is 35.7. The minimum atomic E-state index is -0.191. The molecular formula is C46H36BN5O. The van der Waals surface area contributed by atoms with Crippen molar-refractivity contribution in [2.24, 2.45) is 0 Å². The van der Waals surface area contributed by atoms with Gasteiger partial charge in [-0.3, -0.25) is 4.98 Å². The first-order chi connectivity index (χ1) is 25.8. The van der Waals surface area contributed by atoms with Crippen molar-refractivity contribution in [2.75, 3.05) is 11.9 Å². The molecule has 0 fully saturated rings. The van der Waals surface area contributed by atoms with E-state index in [1.807, 2.05) is 12.3 Å². The van der Waals surface area contributed by atoms with Gasteiger partial charge in [0.2, 0.25) is 0 Å². The number of para-hydroxylation sites is 1. The Morgan fingerprint density at radius 3 is 2.38 bits per heavy atom. The van der Waals surface area contributed by atoms with Crippen molar-refractivity contribution in [3.8, 4) is 45.4 Å². The zero-order valence-corrected chi connectivity index (χ0v) is 30.3. The highest BCUT2D eigenvalue weighted by molar-refractivity contribution is 6.77. The average molecular weight is 686 g/mol. The predicted molar refractivity (Wildman–Crippen MR) is 217 cm³/mol. The van der Waals surface area contributed by atoms with E-state index in [2.05, 4.69) is 164 Å². The van der Waals surface area contributed by atoms with Gasteiger partial charge in [0.15, 0.2) is 0 Å². The monoisotopic (exact) mass is 685 g/mol. The van der Waals surface area contributed by atoms with Crippen molar-refractivity contribution < 1.29 is 4.74 Å². The van der Waals surface area contributed by atoms with Crippen LogP contribution < -0.4 is 15.0 Å². The SMILES string of the molecule is Cc1cccc(C)c1B1N(C)c2ccc(Oc3cccc(-c4ncc5c6ccccc6n6c7c(c4c56)C(C)(C)c4ccccc4-7)c3)cc2-c2nccn21. The quantitative estimate of drug-likeness (QED) is 0.173. The third-order valence-electron chi connectivity index (χ3n) is 11.9. The largest absolute Gasteiger partial charge is 0.457 e. The van der Waals surface area contributed by atoms with Crippen LogP contribution in [-0.2, 0) is 5.41 Å². The Morgan fingerprint density at radius 2 is 1.51 bits per heavy atom. The molecule has 53 heavy (non-hydrogen) atoms. The summed E-state index contributed by atoms with van der Waals surface area (Å²) in [6.07, 6.45) is 6.05. The van der Waals surface area contributed by atoms with Gasteiger partial charge in [-0.1, -0.05) is 97.8 Å². The van der Waals surface area contributed by atoms with Gasteiger partial charge in [-0.25, -0.2) is 4.98 Å². The number of pyridine rings is 1.